The molecule has 25 heavy (non-hydrogen) atoms. The number of halogens is 3. The van der Waals surface area contributed by atoms with Crippen molar-refractivity contribution in [3.8, 4) is 16.3 Å². The van der Waals surface area contributed by atoms with Crippen molar-refractivity contribution in [3.63, 3.8) is 0 Å². The number of hydrogen-bond acceptors (Lipinski definition) is 6. The van der Waals surface area contributed by atoms with Crippen LogP contribution in [0.15, 0.2) is 18.2 Å². The van der Waals surface area contributed by atoms with E-state index < -0.39 is 12.1 Å². The monoisotopic (exact) mass is 371 g/mol. The van der Waals surface area contributed by atoms with Crippen molar-refractivity contribution in [2.45, 2.75) is 19.5 Å². The van der Waals surface area contributed by atoms with Gasteiger partial charge in [-0.15, -0.1) is 10.2 Å². The van der Waals surface area contributed by atoms with Crippen LogP contribution in [0.1, 0.15) is 12.7 Å². The van der Waals surface area contributed by atoms with Gasteiger partial charge in [-0.1, -0.05) is 18.3 Å². The molecule has 0 saturated carbocycles. The summed E-state index contributed by atoms with van der Waals surface area (Å²) in [6.45, 7) is 1.91. The molecule has 0 aliphatic rings. The molecule has 1 amide bonds. The van der Waals surface area contributed by atoms with Gasteiger partial charge < -0.3 is 10.1 Å². The van der Waals surface area contributed by atoms with Crippen molar-refractivity contribution in [2.24, 2.45) is 0 Å². The molecule has 0 radical (unpaired) electrons. The van der Waals surface area contributed by atoms with Gasteiger partial charge in [0.1, 0.15) is 10.8 Å². The van der Waals surface area contributed by atoms with Gasteiger partial charge in [0.2, 0.25) is 4.96 Å². The Morgan fingerprint density at radius 1 is 1.36 bits per heavy atom. The number of rotatable bonds is 4. The van der Waals surface area contributed by atoms with Crippen LogP contribution in [0.5, 0.6) is 5.75 Å². The maximum absolute atomic E-state index is 12.5. The zero-order valence-electron chi connectivity index (χ0n) is 13.1. The van der Waals surface area contributed by atoms with E-state index in [0.717, 1.165) is 0 Å². The summed E-state index contributed by atoms with van der Waals surface area (Å²) in [4.78, 5) is 11.8. The fourth-order valence-corrected chi connectivity index (χ4v) is 2.98. The minimum Gasteiger partial charge on any atom is -0.495 e. The summed E-state index contributed by atoms with van der Waals surface area (Å²) < 4.78 is 44.1. The van der Waals surface area contributed by atoms with Crippen LogP contribution >= 0.6 is 11.3 Å². The first kappa shape index (κ1) is 17.1. The smallest absolute Gasteiger partial charge is 0.471 e. The maximum atomic E-state index is 12.5. The van der Waals surface area contributed by atoms with E-state index in [-0.39, 0.29) is 11.4 Å². The first-order valence-corrected chi connectivity index (χ1v) is 7.92. The molecule has 0 aliphatic carbocycles. The first-order valence-electron chi connectivity index (χ1n) is 7.11. The van der Waals surface area contributed by atoms with Crippen LogP contribution in [0.3, 0.4) is 0 Å². The summed E-state index contributed by atoms with van der Waals surface area (Å²) in [5, 5.41) is 14.7. The summed E-state index contributed by atoms with van der Waals surface area (Å²) in [5.41, 5.74) is 0.430. The standard InChI is InChI=1S/C14H12F3N5O2S/c1-3-10-19-20-13-22(10)21-11(25-13)7-4-5-9(24-2)8(6-7)18-12(23)14(15,16)17/h4-6H,3H2,1-2H3,(H,18,23). The van der Waals surface area contributed by atoms with E-state index >= 15 is 0 Å². The summed E-state index contributed by atoms with van der Waals surface area (Å²) in [5.74, 6) is -1.29. The Kier molecular flexibility index (Phi) is 4.33. The Labute approximate surface area is 143 Å². The number of aryl methyl sites for hydroxylation is 1. The zero-order chi connectivity index (χ0) is 18.2. The van der Waals surface area contributed by atoms with E-state index in [4.69, 9.17) is 4.74 Å². The number of fused-ring (bicyclic) bond motifs is 1. The van der Waals surface area contributed by atoms with Gasteiger partial charge in [0, 0.05) is 12.0 Å². The van der Waals surface area contributed by atoms with E-state index in [1.54, 1.807) is 10.6 Å². The molecular formula is C14H12F3N5O2S. The van der Waals surface area contributed by atoms with Crippen molar-refractivity contribution in [2.75, 3.05) is 12.4 Å². The molecule has 2 heterocycles. The van der Waals surface area contributed by atoms with Crippen LogP contribution in [0.4, 0.5) is 18.9 Å². The largest absolute Gasteiger partial charge is 0.495 e. The molecular weight excluding hydrogens is 359 g/mol. The summed E-state index contributed by atoms with van der Waals surface area (Å²) >= 11 is 1.24. The fourth-order valence-electron chi connectivity index (χ4n) is 2.13. The lowest BCUT2D eigenvalue weighted by Crippen LogP contribution is -2.30. The van der Waals surface area contributed by atoms with Crippen LogP contribution in [-0.4, -0.2) is 39.0 Å². The average molecular weight is 371 g/mol. The number of hydrogen-bond donors (Lipinski definition) is 1. The number of benzene rings is 1. The Bertz CT molecular complexity index is 934. The number of anilines is 1. The van der Waals surface area contributed by atoms with E-state index in [9.17, 15) is 18.0 Å². The highest BCUT2D eigenvalue weighted by Gasteiger charge is 2.39. The second-order valence-electron chi connectivity index (χ2n) is 4.94. The van der Waals surface area contributed by atoms with Gasteiger partial charge in [0.05, 0.1) is 12.8 Å². The molecule has 11 heteroatoms. The summed E-state index contributed by atoms with van der Waals surface area (Å²) in [6, 6.07) is 4.48. The number of carbonyl (C=O) groups is 1. The molecule has 0 unspecified atom stereocenters. The van der Waals surface area contributed by atoms with E-state index in [0.29, 0.717) is 27.8 Å². The third kappa shape index (κ3) is 3.27. The first-order chi connectivity index (χ1) is 11.8. The third-order valence-electron chi connectivity index (χ3n) is 3.32. The Balaban J connectivity index is 2.00. The quantitative estimate of drug-likeness (QED) is 0.763. The van der Waals surface area contributed by atoms with Gasteiger partial charge in [-0.3, -0.25) is 4.79 Å². The molecule has 0 atom stereocenters. The van der Waals surface area contributed by atoms with Crippen LogP contribution in [0.2, 0.25) is 0 Å². The SMILES string of the molecule is CCc1nnc2sc(-c3ccc(OC)c(NC(=O)C(F)(F)F)c3)nn12. The molecule has 132 valence electrons. The summed E-state index contributed by atoms with van der Waals surface area (Å²) in [6.07, 6.45) is -4.36. The molecule has 7 nitrogen and oxygen atoms in total. The van der Waals surface area contributed by atoms with Gasteiger partial charge in [0.15, 0.2) is 5.82 Å². The van der Waals surface area contributed by atoms with Gasteiger partial charge in [0.25, 0.3) is 0 Å². The number of carbonyl (C=O) groups excluding carboxylic acids is 1. The van der Waals surface area contributed by atoms with Gasteiger partial charge in [-0.2, -0.15) is 22.8 Å². The van der Waals surface area contributed by atoms with E-state index in [2.05, 4.69) is 15.3 Å². The van der Waals surface area contributed by atoms with E-state index in [1.165, 1.54) is 30.6 Å². The highest BCUT2D eigenvalue weighted by atomic mass is 32.1. The van der Waals surface area contributed by atoms with Crippen molar-refractivity contribution in [3.05, 3.63) is 24.0 Å². The van der Waals surface area contributed by atoms with Crippen molar-refractivity contribution in [1.82, 2.24) is 19.8 Å². The van der Waals surface area contributed by atoms with Gasteiger partial charge in [-0.25, -0.2) is 0 Å². The lowest BCUT2D eigenvalue weighted by molar-refractivity contribution is -0.167. The minimum atomic E-state index is -5.00. The second-order valence-corrected chi connectivity index (χ2v) is 5.89. The molecule has 1 N–H and O–H groups in total. The van der Waals surface area contributed by atoms with Crippen molar-refractivity contribution >= 4 is 27.9 Å². The van der Waals surface area contributed by atoms with E-state index in [1.807, 2.05) is 12.2 Å². The molecule has 0 bridgehead atoms. The molecule has 0 saturated heterocycles. The van der Waals surface area contributed by atoms with Crippen LogP contribution in [0.25, 0.3) is 15.5 Å². The second kappa shape index (κ2) is 6.31. The molecule has 2 aromatic heterocycles. The highest BCUT2D eigenvalue weighted by molar-refractivity contribution is 7.19. The van der Waals surface area contributed by atoms with Crippen LogP contribution < -0.4 is 10.1 Å². The third-order valence-corrected chi connectivity index (χ3v) is 4.27. The minimum absolute atomic E-state index is 0.0935. The molecule has 0 aliphatic heterocycles. The number of nitrogens with zero attached hydrogens (tertiary/aromatic N) is 4. The average Bonchev–Trinajstić information content (AvgIpc) is 3.14. The van der Waals surface area contributed by atoms with Crippen molar-refractivity contribution in [1.29, 1.82) is 0 Å². The van der Waals surface area contributed by atoms with Crippen molar-refractivity contribution < 1.29 is 22.7 Å². The predicted molar refractivity (Wildman–Crippen MR) is 84.7 cm³/mol. The van der Waals surface area contributed by atoms with Gasteiger partial charge in [-0.05, 0) is 18.2 Å². The number of amides is 1. The highest BCUT2D eigenvalue weighted by Crippen LogP contribution is 2.33. The number of ether oxygens (including phenoxy) is 1. The Hall–Kier alpha value is -2.69. The molecule has 0 spiro atoms. The summed E-state index contributed by atoms with van der Waals surface area (Å²) in [7, 11) is 1.30. The predicted octanol–water partition coefficient (Wildman–Crippen LogP) is 2.92. The van der Waals surface area contributed by atoms with Gasteiger partial charge >= 0.3 is 12.1 Å². The molecule has 3 rings (SSSR count). The zero-order valence-corrected chi connectivity index (χ0v) is 13.9. The number of nitrogens with one attached hydrogen (secondary N) is 1. The maximum Gasteiger partial charge on any atom is 0.471 e. The van der Waals surface area contributed by atoms with Crippen LogP contribution in [-0.2, 0) is 11.2 Å². The normalized spacial score (nSPS) is 11.7. The lowest BCUT2D eigenvalue weighted by Gasteiger charge is -2.12. The fraction of sp³-hybridized carbons (Fsp3) is 0.286. The Morgan fingerprint density at radius 3 is 2.76 bits per heavy atom. The molecule has 0 fully saturated rings. The topological polar surface area (TPSA) is 81.4 Å². The number of alkyl halides is 3. The number of aromatic nitrogens is 4. The Morgan fingerprint density at radius 2 is 2.12 bits per heavy atom. The lowest BCUT2D eigenvalue weighted by atomic mass is 10.2. The molecule has 3 aromatic rings. The van der Waals surface area contributed by atoms with Crippen LogP contribution in [0, 0.1) is 0 Å². The number of methoxy groups -OCH3 is 1. The molecule has 1 aromatic carbocycles.